The first-order valence-electron chi connectivity index (χ1n) is 11.9. The zero-order valence-corrected chi connectivity index (χ0v) is 19.8. The molecule has 0 bridgehead atoms. The van der Waals surface area contributed by atoms with Crippen molar-refractivity contribution in [3.63, 3.8) is 0 Å². The predicted octanol–water partition coefficient (Wildman–Crippen LogP) is 6.02. The van der Waals surface area contributed by atoms with Crippen LogP contribution in [0.2, 0.25) is 0 Å². The number of carbonyl (C=O) groups is 1. The van der Waals surface area contributed by atoms with E-state index in [0.29, 0.717) is 6.61 Å². The highest BCUT2D eigenvalue weighted by atomic mass is 16.5. The van der Waals surface area contributed by atoms with Crippen LogP contribution in [-0.4, -0.2) is 26.3 Å². The largest absolute Gasteiger partial charge is 0.466 e. The van der Waals surface area contributed by atoms with Crippen molar-refractivity contribution in [1.29, 1.82) is 0 Å². The third-order valence-electron chi connectivity index (χ3n) is 7.09. The van der Waals surface area contributed by atoms with Crippen LogP contribution in [0.5, 0.6) is 0 Å². The van der Waals surface area contributed by atoms with Gasteiger partial charge in [-0.25, -0.2) is 0 Å². The lowest BCUT2D eigenvalue weighted by atomic mass is 9.69. The smallest absolute Gasteiger partial charge is 0.302 e. The summed E-state index contributed by atoms with van der Waals surface area (Å²) in [6, 6.07) is 31.3. The molecule has 1 aliphatic carbocycles. The maximum atomic E-state index is 11.1. The van der Waals surface area contributed by atoms with Gasteiger partial charge in [0.1, 0.15) is 0 Å². The molecule has 5 rings (SSSR count). The second-order valence-electron chi connectivity index (χ2n) is 9.13. The Labute approximate surface area is 201 Å². The predicted molar refractivity (Wildman–Crippen MR) is 136 cm³/mol. The molecule has 0 N–H and O–H groups in total. The highest BCUT2D eigenvalue weighted by Crippen LogP contribution is 2.50. The Bertz CT molecular complexity index is 1300. The van der Waals surface area contributed by atoms with Gasteiger partial charge < -0.3 is 9.47 Å². The first kappa shape index (κ1) is 22.4. The number of carbonyl (C=O) groups excluding carboxylic acids is 1. The average Bonchev–Trinajstić information content (AvgIpc) is 3.20. The van der Waals surface area contributed by atoms with Crippen molar-refractivity contribution in [1.82, 2.24) is 0 Å². The van der Waals surface area contributed by atoms with Gasteiger partial charge in [-0.15, -0.1) is 0 Å². The minimum absolute atomic E-state index is 0.235. The summed E-state index contributed by atoms with van der Waals surface area (Å²) < 4.78 is 10.4. The number of rotatable bonds is 8. The summed E-state index contributed by atoms with van der Waals surface area (Å²) >= 11 is 0. The molecule has 0 aromatic heterocycles. The molecule has 1 aliphatic rings. The molecule has 3 nitrogen and oxygen atoms in total. The molecule has 1 unspecified atom stereocenters. The molecule has 4 aromatic carbocycles. The molecule has 172 valence electrons. The van der Waals surface area contributed by atoms with Gasteiger partial charge in [0.25, 0.3) is 0 Å². The Balaban J connectivity index is 1.59. The summed E-state index contributed by atoms with van der Waals surface area (Å²) in [5.41, 5.74) is 7.59. The lowest BCUT2D eigenvalue weighted by molar-refractivity contribution is -0.140. The van der Waals surface area contributed by atoms with Crippen LogP contribution in [0.25, 0.3) is 10.8 Å². The van der Waals surface area contributed by atoms with E-state index < -0.39 is 0 Å². The molecule has 0 spiro atoms. The van der Waals surface area contributed by atoms with Crippen LogP contribution >= 0.6 is 0 Å². The van der Waals surface area contributed by atoms with Crippen molar-refractivity contribution >= 4 is 16.7 Å². The first-order valence-corrected chi connectivity index (χ1v) is 11.9. The van der Waals surface area contributed by atoms with E-state index in [9.17, 15) is 4.79 Å². The van der Waals surface area contributed by atoms with E-state index in [0.717, 1.165) is 25.9 Å². The molecule has 4 aromatic rings. The highest BCUT2D eigenvalue weighted by Gasteiger charge is 2.42. The van der Waals surface area contributed by atoms with Crippen molar-refractivity contribution < 1.29 is 14.3 Å². The zero-order valence-electron chi connectivity index (χ0n) is 19.8. The van der Waals surface area contributed by atoms with Crippen LogP contribution in [0.3, 0.4) is 0 Å². The lowest BCUT2D eigenvalue weighted by Crippen LogP contribution is -2.28. The van der Waals surface area contributed by atoms with Crippen LogP contribution in [0.1, 0.15) is 40.3 Å². The second-order valence-corrected chi connectivity index (χ2v) is 9.13. The standard InChI is InChI=1S/C31H30O3/c1-22(32)34-20-18-24-11-15-28(16-12-24)31(27-13-9-23(10-14-27)17-19-33-2)21-26-7-3-5-25-6-4-8-29(31)30(25)26/h3-16H,17-21H2,1-2H3. The monoisotopic (exact) mass is 450 g/mol. The third-order valence-corrected chi connectivity index (χ3v) is 7.09. The topological polar surface area (TPSA) is 35.5 Å². The van der Waals surface area contributed by atoms with Gasteiger partial charge in [0, 0.05) is 25.9 Å². The maximum absolute atomic E-state index is 11.1. The Morgan fingerprint density at radius 1 is 0.794 bits per heavy atom. The van der Waals surface area contributed by atoms with Gasteiger partial charge in [-0.2, -0.15) is 0 Å². The summed E-state index contributed by atoms with van der Waals surface area (Å²) in [5, 5.41) is 2.68. The molecule has 0 amide bonds. The van der Waals surface area contributed by atoms with Crippen molar-refractivity contribution in [2.75, 3.05) is 20.3 Å². The lowest BCUT2D eigenvalue weighted by Gasteiger charge is -2.33. The van der Waals surface area contributed by atoms with Gasteiger partial charge in [0.15, 0.2) is 0 Å². The van der Waals surface area contributed by atoms with Crippen LogP contribution in [0.15, 0.2) is 84.9 Å². The van der Waals surface area contributed by atoms with Crippen LogP contribution in [-0.2, 0) is 38.9 Å². The molecule has 0 saturated carbocycles. The molecule has 0 heterocycles. The normalized spacial score (nSPS) is 16.6. The number of ether oxygens (including phenoxy) is 2. The van der Waals surface area contributed by atoms with Gasteiger partial charge in [-0.1, -0.05) is 84.9 Å². The van der Waals surface area contributed by atoms with Crippen LogP contribution in [0, 0.1) is 0 Å². The SMILES string of the molecule is COCCc1ccc(C2(c3ccc(CCOC(C)=O)cc3)Cc3cccc4cccc2c34)cc1. The summed E-state index contributed by atoms with van der Waals surface area (Å²) in [7, 11) is 1.75. The van der Waals surface area contributed by atoms with E-state index in [-0.39, 0.29) is 11.4 Å². The number of esters is 1. The van der Waals surface area contributed by atoms with Crippen molar-refractivity contribution in [3.05, 3.63) is 118 Å². The van der Waals surface area contributed by atoms with Crippen molar-refractivity contribution in [2.45, 2.75) is 31.6 Å². The summed E-state index contributed by atoms with van der Waals surface area (Å²) in [5.74, 6) is -0.235. The number of methoxy groups -OCH3 is 1. The van der Waals surface area contributed by atoms with E-state index in [4.69, 9.17) is 9.47 Å². The van der Waals surface area contributed by atoms with Crippen molar-refractivity contribution in [2.24, 2.45) is 0 Å². The molecule has 0 fully saturated rings. The Hall–Kier alpha value is -3.43. The van der Waals surface area contributed by atoms with Crippen molar-refractivity contribution in [3.8, 4) is 0 Å². The van der Waals surface area contributed by atoms with Gasteiger partial charge in [0.2, 0.25) is 0 Å². The number of benzene rings is 4. The fraction of sp³-hybridized carbons (Fsp3) is 0.258. The molecular weight excluding hydrogens is 420 g/mol. The minimum atomic E-state index is -0.239. The van der Waals surface area contributed by atoms with Crippen LogP contribution < -0.4 is 0 Å². The number of hydrogen-bond donors (Lipinski definition) is 0. The molecule has 0 aliphatic heterocycles. The molecule has 1 atom stereocenters. The quantitative estimate of drug-likeness (QED) is 0.308. The molecule has 34 heavy (non-hydrogen) atoms. The summed E-state index contributed by atoms with van der Waals surface area (Å²) in [6.45, 7) is 2.59. The molecular formula is C31H30O3. The fourth-order valence-corrected chi connectivity index (χ4v) is 5.43. The first-order chi connectivity index (χ1) is 16.6. The minimum Gasteiger partial charge on any atom is -0.466 e. The van der Waals surface area contributed by atoms with E-state index in [2.05, 4.69) is 84.9 Å². The van der Waals surface area contributed by atoms with Gasteiger partial charge >= 0.3 is 5.97 Å². The molecule has 0 radical (unpaired) electrons. The van der Waals surface area contributed by atoms with E-state index in [1.807, 2.05) is 0 Å². The summed E-state index contributed by atoms with van der Waals surface area (Å²) in [6.07, 6.45) is 2.57. The molecule has 0 saturated heterocycles. The zero-order chi connectivity index (χ0) is 23.5. The van der Waals surface area contributed by atoms with Crippen LogP contribution in [0.4, 0.5) is 0 Å². The van der Waals surface area contributed by atoms with E-state index in [1.54, 1.807) is 7.11 Å². The third kappa shape index (κ3) is 4.01. The van der Waals surface area contributed by atoms with E-state index >= 15 is 0 Å². The van der Waals surface area contributed by atoms with Gasteiger partial charge in [0.05, 0.1) is 13.2 Å². The number of hydrogen-bond acceptors (Lipinski definition) is 3. The van der Waals surface area contributed by atoms with Gasteiger partial charge in [-0.05, 0) is 57.0 Å². The van der Waals surface area contributed by atoms with E-state index in [1.165, 1.54) is 51.1 Å². The Kier molecular flexibility index (Phi) is 6.21. The average molecular weight is 451 g/mol. The Morgan fingerprint density at radius 2 is 1.38 bits per heavy atom. The Morgan fingerprint density at radius 3 is 1.97 bits per heavy atom. The second kappa shape index (κ2) is 9.44. The fourth-order valence-electron chi connectivity index (χ4n) is 5.43. The van der Waals surface area contributed by atoms with Gasteiger partial charge in [-0.3, -0.25) is 4.79 Å². The molecule has 3 heteroatoms. The maximum Gasteiger partial charge on any atom is 0.302 e. The highest BCUT2D eigenvalue weighted by molar-refractivity contribution is 5.94. The summed E-state index contributed by atoms with van der Waals surface area (Å²) in [4.78, 5) is 11.1.